The van der Waals surface area contributed by atoms with E-state index in [0.717, 1.165) is 67.6 Å². The molecule has 2 aromatic heterocycles. The van der Waals surface area contributed by atoms with Gasteiger partial charge in [0.1, 0.15) is 5.82 Å². The molecule has 0 atom stereocenters. The molecule has 1 spiro atoms. The van der Waals surface area contributed by atoms with Gasteiger partial charge in [-0.05, 0) is 51.1 Å². The van der Waals surface area contributed by atoms with Crippen molar-refractivity contribution in [1.29, 1.82) is 0 Å². The van der Waals surface area contributed by atoms with E-state index in [0.29, 0.717) is 0 Å². The molecule has 4 heterocycles. The zero-order valence-corrected chi connectivity index (χ0v) is 16.8. The molecule has 29 heavy (non-hydrogen) atoms. The fraction of sp³-hybridized carbons (Fsp3) is 0.409. The van der Waals surface area contributed by atoms with E-state index in [4.69, 9.17) is 4.42 Å². The van der Waals surface area contributed by atoms with E-state index in [-0.39, 0.29) is 11.4 Å². The number of piperidine rings is 1. The predicted molar refractivity (Wildman–Crippen MR) is 108 cm³/mol. The lowest BCUT2D eigenvalue weighted by Crippen LogP contribution is -2.56. The Morgan fingerprint density at radius 1 is 1.14 bits per heavy atom. The minimum Gasteiger partial charge on any atom is -0.461 e. The summed E-state index contributed by atoms with van der Waals surface area (Å²) in [5.74, 6) is 2.61. The second-order valence-corrected chi connectivity index (χ2v) is 8.31. The van der Waals surface area contributed by atoms with Gasteiger partial charge in [-0.3, -0.25) is 14.3 Å². The molecule has 1 fully saturated rings. The van der Waals surface area contributed by atoms with Gasteiger partial charge in [0, 0.05) is 25.2 Å². The summed E-state index contributed by atoms with van der Waals surface area (Å²) in [4.78, 5) is 17.3. The van der Waals surface area contributed by atoms with Gasteiger partial charge in [-0.25, -0.2) is 0 Å². The van der Waals surface area contributed by atoms with Gasteiger partial charge in [0.05, 0.1) is 18.3 Å². The van der Waals surface area contributed by atoms with Crippen LogP contribution in [0.25, 0.3) is 11.6 Å². The van der Waals surface area contributed by atoms with Crippen LogP contribution in [-0.4, -0.2) is 57.2 Å². The van der Waals surface area contributed by atoms with Crippen molar-refractivity contribution in [2.75, 3.05) is 26.7 Å². The average Bonchev–Trinajstić information content (AvgIpc) is 3.38. The summed E-state index contributed by atoms with van der Waals surface area (Å²) in [7, 11) is 2.12. The molecule has 0 aliphatic carbocycles. The molecule has 0 bridgehead atoms. The van der Waals surface area contributed by atoms with E-state index in [1.807, 2.05) is 48.2 Å². The van der Waals surface area contributed by atoms with Crippen molar-refractivity contribution in [1.82, 2.24) is 24.6 Å². The first-order valence-corrected chi connectivity index (χ1v) is 10.1. The fourth-order valence-corrected chi connectivity index (χ4v) is 4.82. The first-order valence-electron chi connectivity index (χ1n) is 10.1. The number of rotatable bonds is 2. The van der Waals surface area contributed by atoms with Gasteiger partial charge in [-0.15, -0.1) is 10.2 Å². The molecule has 0 radical (unpaired) electrons. The third-order valence-electron chi connectivity index (χ3n) is 6.17. The van der Waals surface area contributed by atoms with Gasteiger partial charge < -0.3 is 9.32 Å². The zero-order valence-electron chi connectivity index (χ0n) is 16.8. The number of likely N-dealkylation sites (tertiary alicyclic amines) is 1. The molecule has 0 saturated carbocycles. The predicted octanol–water partition coefficient (Wildman–Crippen LogP) is 2.92. The largest absolute Gasteiger partial charge is 0.461 e. The van der Waals surface area contributed by atoms with Crippen LogP contribution in [0.15, 0.2) is 47.1 Å². The normalized spacial score (nSPS) is 18.8. The molecular weight excluding hydrogens is 366 g/mol. The van der Waals surface area contributed by atoms with Crippen LogP contribution in [0.2, 0.25) is 0 Å². The summed E-state index contributed by atoms with van der Waals surface area (Å²) in [6, 6.07) is 11.6. The highest BCUT2D eigenvalue weighted by Crippen LogP contribution is 2.39. The summed E-state index contributed by atoms with van der Waals surface area (Å²) >= 11 is 0. The highest BCUT2D eigenvalue weighted by atomic mass is 16.3. The quantitative estimate of drug-likeness (QED) is 0.672. The number of amides is 1. The molecule has 7 nitrogen and oxygen atoms in total. The van der Waals surface area contributed by atoms with Crippen LogP contribution in [0.3, 0.4) is 0 Å². The van der Waals surface area contributed by atoms with E-state index < -0.39 is 0 Å². The molecule has 1 aromatic carbocycles. The van der Waals surface area contributed by atoms with Crippen LogP contribution in [-0.2, 0) is 12.1 Å². The number of aryl methyl sites for hydroxylation is 1. The minimum absolute atomic E-state index is 0.114. The standard InChI is InChI=1S/C22H25N5O2/c1-16-5-3-6-17(13-16)21(28)26-10-8-22(9-11-26)15-25(2)14-19-23-24-20(27(19)22)18-7-4-12-29-18/h3-7,12-13H,8-11,14-15H2,1-2H3. The highest BCUT2D eigenvalue weighted by molar-refractivity contribution is 5.94. The van der Waals surface area contributed by atoms with Crippen LogP contribution in [0.1, 0.15) is 34.6 Å². The molecular formula is C22H25N5O2. The smallest absolute Gasteiger partial charge is 0.253 e. The monoisotopic (exact) mass is 391 g/mol. The Bertz CT molecular complexity index is 1030. The van der Waals surface area contributed by atoms with Gasteiger partial charge in [0.2, 0.25) is 0 Å². The van der Waals surface area contributed by atoms with Crippen molar-refractivity contribution >= 4 is 5.91 Å². The van der Waals surface area contributed by atoms with Crippen molar-refractivity contribution in [2.24, 2.45) is 0 Å². The minimum atomic E-state index is -0.128. The van der Waals surface area contributed by atoms with Gasteiger partial charge >= 0.3 is 0 Å². The Morgan fingerprint density at radius 3 is 2.69 bits per heavy atom. The summed E-state index contributed by atoms with van der Waals surface area (Å²) in [6.45, 7) is 5.13. The lowest BCUT2D eigenvalue weighted by atomic mass is 9.84. The highest BCUT2D eigenvalue weighted by Gasteiger charge is 2.44. The van der Waals surface area contributed by atoms with E-state index in [2.05, 4.69) is 26.7 Å². The number of hydrogen-bond donors (Lipinski definition) is 0. The number of aromatic nitrogens is 3. The lowest BCUT2D eigenvalue weighted by molar-refractivity contribution is 0.0408. The van der Waals surface area contributed by atoms with Crippen LogP contribution < -0.4 is 0 Å². The molecule has 3 aromatic rings. The van der Waals surface area contributed by atoms with Crippen LogP contribution in [0, 0.1) is 6.92 Å². The Hall–Kier alpha value is -2.93. The van der Waals surface area contributed by atoms with Crippen molar-refractivity contribution in [3.8, 4) is 11.6 Å². The lowest BCUT2D eigenvalue weighted by Gasteiger charge is -2.48. The summed E-state index contributed by atoms with van der Waals surface area (Å²) < 4.78 is 7.91. The van der Waals surface area contributed by atoms with Gasteiger partial charge in [0.15, 0.2) is 11.6 Å². The second kappa shape index (κ2) is 6.84. The molecule has 150 valence electrons. The fourth-order valence-electron chi connectivity index (χ4n) is 4.82. The van der Waals surface area contributed by atoms with Gasteiger partial charge in [0.25, 0.3) is 5.91 Å². The maximum Gasteiger partial charge on any atom is 0.253 e. The number of carbonyl (C=O) groups is 1. The third kappa shape index (κ3) is 3.06. The third-order valence-corrected chi connectivity index (χ3v) is 6.17. The topological polar surface area (TPSA) is 67.4 Å². The van der Waals surface area contributed by atoms with Crippen LogP contribution in [0.5, 0.6) is 0 Å². The number of likely N-dealkylation sites (N-methyl/N-ethyl adjacent to an activating group) is 1. The van der Waals surface area contributed by atoms with Crippen LogP contribution in [0.4, 0.5) is 0 Å². The molecule has 2 aliphatic rings. The number of benzene rings is 1. The second-order valence-electron chi connectivity index (χ2n) is 8.31. The molecule has 1 saturated heterocycles. The summed E-state index contributed by atoms with van der Waals surface area (Å²) in [5.41, 5.74) is 1.75. The number of carbonyl (C=O) groups excluding carboxylic acids is 1. The molecule has 2 aliphatic heterocycles. The van der Waals surface area contributed by atoms with Gasteiger partial charge in [-0.2, -0.15) is 0 Å². The number of nitrogens with zero attached hydrogens (tertiary/aromatic N) is 5. The first kappa shape index (κ1) is 18.1. The van der Waals surface area contributed by atoms with Crippen LogP contribution >= 0.6 is 0 Å². The Balaban J connectivity index is 1.44. The maximum atomic E-state index is 13.0. The molecule has 0 N–H and O–H groups in total. The Kier molecular flexibility index (Phi) is 4.28. The molecule has 7 heteroatoms. The molecule has 5 rings (SSSR count). The summed E-state index contributed by atoms with van der Waals surface area (Å²) in [6.07, 6.45) is 3.41. The van der Waals surface area contributed by atoms with E-state index in [1.54, 1.807) is 6.26 Å². The van der Waals surface area contributed by atoms with Crippen molar-refractivity contribution in [3.63, 3.8) is 0 Å². The van der Waals surface area contributed by atoms with Crippen molar-refractivity contribution < 1.29 is 9.21 Å². The Morgan fingerprint density at radius 2 is 1.97 bits per heavy atom. The number of furan rings is 1. The number of hydrogen-bond acceptors (Lipinski definition) is 5. The van der Waals surface area contributed by atoms with Crippen molar-refractivity contribution in [2.45, 2.75) is 31.8 Å². The number of fused-ring (bicyclic) bond motifs is 2. The van der Waals surface area contributed by atoms with E-state index in [9.17, 15) is 4.79 Å². The Labute approximate surface area is 169 Å². The SMILES string of the molecule is Cc1cccc(C(=O)N2CCC3(CC2)CN(C)Cc2nnc(-c4ccco4)n23)c1. The maximum absolute atomic E-state index is 13.0. The molecule has 0 unspecified atom stereocenters. The summed E-state index contributed by atoms with van der Waals surface area (Å²) in [5, 5.41) is 8.90. The van der Waals surface area contributed by atoms with E-state index in [1.165, 1.54) is 0 Å². The van der Waals surface area contributed by atoms with Crippen molar-refractivity contribution in [3.05, 3.63) is 59.6 Å². The zero-order chi connectivity index (χ0) is 20.0. The average molecular weight is 391 g/mol. The van der Waals surface area contributed by atoms with E-state index >= 15 is 0 Å². The first-order chi connectivity index (χ1) is 14.1. The van der Waals surface area contributed by atoms with Gasteiger partial charge in [-0.1, -0.05) is 17.7 Å². The molecule has 1 amide bonds.